The van der Waals surface area contributed by atoms with Gasteiger partial charge >= 0.3 is 6.18 Å². The van der Waals surface area contributed by atoms with E-state index in [1.54, 1.807) is 6.07 Å². The number of nitrogens with zero attached hydrogens (tertiary/aromatic N) is 2. The predicted octanol–water partition coefficient (Wildman–Crippen LogP) is 3.32. The minimum absolute atomic E-state index is 0.0793. The summed E-state index contributed by atoms with van der Waals surface area (Å²) in [5.74, 6) is 0.644. The van der Waals surface area contributed by atoms with Crippen LogP contribution in [-0.4, -0.2) is 63.2 Å². The van der Waals surface area contributed by atoms with E-state index in [1.807, 2.05) is 0 Å². The van der Waals surface area contributed by atoms with Crippen LogP contribution in [0.15, 0.2) is 24.3 Å². The fraction of sp³-hybridized carbons (Fsp3) is 0.714. The third-order valence-corrected chi connectivity index (χ3v) is 6.97. The first kappa shape index (κ1) is 23.5. The smallest absolute Gasteiger partial charge is 0.301 e. The number of alkyl halides is 3. The minimum atomic E-state index is -4.30. The van der Waals surface area contributed by atoms with Gasteiger partial charge in [0, 0.05) is 38.8 Å². The lowest BCUT2D eigenvalue weighted by Crippen LogP contribution is -2.46. The Morgan fingerprint density at radius 2 is 1.67 bits per heavy atom. The van der Waals surface area contributed by atoms with Crippen LogP contribution in [0.5, 0.6) is 0 Å². The molecule has 1 aliphatic heterocycles. The molecule has 0 radical (unpaired) electrons. The molecular weight excluding hydrogens is 415 g/mol. The molecule has 2 aliphatic rings. The molecule has 1 saturated carbocycles. The van der Waals surface area contributed by atoms with Gasteiger partial charge in [-0.2, -0.15) is 13.2 Å². The SMILES string of the molecule is CS(=O)(=O)NC1CCC(CCN2CCN(Cc3cccc(C(F)(F)F)c3)CC2)CC1. The lowest BCUT2D eigenvalue weighted by atomic mass is 9.84. The highest BCUT2D eigenvalue weighted by atomic mass is 32.2. The number of halogens is 3. The monoisotopic (exact) mass is 447 g/mol. The van der Waals surface area contributed by atoms with Crippen LogP contribution < -0.4 is 4.72 Å². The molecule has 1 aromatic rings. The summed E-state index contributed by atoms with van der Waals surface area (Å²) in [7, 11) is -3.13. The van der Waals surface area contributed by atoms with E-state index in [2.05, 4.69) is 14.5 Å². The average molecular weight is 448 g/mol. The lowest BCUT2D eigenvalue weighted by Gasteiger charge is -2.36. The molecule has 170 valence electrons. The molecule has 0 unspecified atom stereocenters. The van der Waals surface area contributed by atoms with E-state index in [0.29, 0.717) is 18.0 Å². The van der Waals surface area contributed by atoms with Crippen LogP contribution in [0.3, 0.4) is 0 Å². The van der Waals surface area contributed by atoms with Gasteiger partial charge in [-0.3, -0.25) is 4.90 Å². The number of rotatable bonds is 7. The number of benzene rings is 1. The van der Waals surface area contributed by atoms with E-state index in [-0.39, 0.29) is 6.04 Å². The molecular formula is C21H32F3N3O2S. The summed E-state index contributed by atoms with van der Waals surface area (Å²) in [4.78, 5) is 4.65. The quantitative estimate of drug-likeness (QED) is 0.697. The van der Waals surface area contributed by atoms with Gasteiger partial charge in [0.1, 0.15) is 0 Å². The Bertz CT molecular complexity index is 785. The summed E-state index contributed by atoms with van der Waals surface area (Å²) in [6.07, 6.45) is 1.97. The number of hydrogen-bond acceptors (Lipinski definition) is 4. The van der Waals surface area contributed by atoms with Gasteiger partial charge in [0.15, 0.2) is 0 Å². The van der Waals surface area contributed by atoms with Gasteiger partial charge in [-0.1, -0.05) is 18.2 Å². The van der Waals surface area contributed by atoms with Crippen LogP contribution in [0.2, 0.25) is 0 Å². The van der Waals surface area contributed by atoms with Crippen molar-refractivity contribution in [1.29, 1.82) is 0 Å². The highest BCUT2D eigenvalue weighted by Gasteiger charge is 2.30. The van der Waals surface area contributed by atoms with Crippen LogP contribution in [0.4, 0.5) is 13.2 Å². The van der Waals surface area contributed by atoms with Crippen LogP contribution in [0, 0.1) is 5.92 Å². The van der Waals surface area contributed by atoms with Crippen molar-refractivity contribution in [2.45, 2.75) is 50.9 Å². The summed E-state index contributed by atoms with van der Waals surface area (Å²) in [5.41, 5.74) is 0.123. The molecule has 9 heteroatoms. The standard InChI is InChI=1S/C21H32F3N3O2S/c1-30(28,29)25-20-7-5-17(6-8-20)9-10-26-11-13-27(14-12-26)16-18-3-2-4-19(15-18)21(22,23)24/h2-4,15,17,20,25H,5-14,16H2,1H3. The maximum absolute atomic E-state index is 12.9. The Morgan fingerprint density at radius 1 is 1.03 bits per heavy atom. The third-order valence-electron chi connectivity index (χ3n) is 6.21. The fourth-order valence-electron chi connectivity index (χ4n) is 4.51. The van der Waals surface area contributed by atoms with Gasteiger partial charge in [-0.15, -0.1) is 0 Å². The van der Waals surface area contributed by atoms with Gasteiger partial charge in [-0.25, -0.2) is 13.1 Å². The minimum Gasteiger partial charge on any atom is -0.301 e. The van der Waals surface area contributed by atoms with E-state index in [9.17, 15) is 21.6 Å². The van der Waals surface area contributed by atoms with Gasteiger partial charge in [0.25, 0.3) is 0 Å². The third kappa shape index (κ3) is 7.51. The topological polar surface area (TPSA) is 52.7 Å². The van der Waals surface area contributed by atoms with Crippen molar-refractivity contribution >= 4 is 10.0 Å². The van der Waals surface area contributed by atoms with E-state index in [0.717, 1.165) is 70.9 Å². The molecule has 1 aromatic carbocycles. The van der Waals surface area contributed by atoms with Crippen molar-refractivity contribution in [3.63, 3.8) is 0 Å². The molecule has 0 amide bonds. The highest BCUT2D eigenvalue weighted by molar-refractivity contribution is 7.88. The summed E-state index contributed by atoms with van der Waals surface area (Å²) in [5, 5.41) is 0. The number of sulfonamides is 1. The molecule has 1 aliphatic carbocycles. The Balaban J connectivity index is 1.36. The number of nitrogens with one attached hydrogen (secondary N) is 1. The van der Waals surface area contributed by atoms with Crippen molar-refractivity contribution in [2.75, 3.05) is 39.0 Å². The second-order valence-corrected chi connectivity index (χ2v) is 10.5. The molecule has 30 heavy (non-hydrogen) atoms. The van der Waals surface area contributed by atoms with E-state index in [4.69, 9.17) is 0 Å². The first-order chi connectivity index (χ1) is 14.1. The zero-order chi connectivity index (χ0) is 21.8. The number of hydrogen-bond donors (Lipinski definition) is 1. The van der Waals surface area contributed by atoms with Crippen LogP contribution in [0.25, 0.3) is 0 Å². The molecule has 0 bridgehead atoms. The zero-order valence-electron chi connectivity index (χ0n) is 17.5. The van der Waals surface area contributed by atoms with E-state index >= 15 is 0 Å². The molecule has 1 saturated heterocycles. The molecule has 5 nitrogen and oxygen atoms in total. The van der Waals surface area contributed by atoms with E-state index < -0.39 is 21.8 Å². The van der Waals surface area contributed by atoms with Gasteiger partial charge in [-0.05, 0) is 56.2 Å². The predicted molar refractivity (Wildman–Crippen MR) is 112 cm³/mol. The van der Waals surface area contributed by atoms with Crippen molar-refractivity contribution < 1.29 is 21.6 Å². The van der Waals surface area contributed by atoms with Gasteiger partial charge < -0.3 is 4.90 Å². The lowest BCUT2D eigenvalue weighted by molar-refractivity contribution is -0.137. The molecule has 3 rings (SSSR count). The second kappa shape index (κ2) is 9.97. The Labute approximate surface area is 177 Å². The maximum Gasteiger partial charge on any atom is 0.416 e. The molecule has 0 atom stereocenters. The van der Waals surface area contributed by atoms with Crippen molar-refractivity contribution in [3.8, 4) is 0 Å². The van der Waals surface area contributed by atoms with E-state index in [1.165, 1.54) is 18.4 Å². The highest BCUT2D eigenvalue weighted by Crippen LogP contribution is 2.30. The first-order valence-corrected chi connectivity index (χ1v) is 12.6. The molecule has 1 heterocycles. The maximum atomic E-state index is 12.9. The van der Waals surface area contributed by atoms with Crippen LogP contribution >= 0.6 is 0 Å². The van der Waals surface area contributed by atoms with Gasteiger partial charge in [0.2, 0.25) is 10.0 Å². The largest absolute Gasteiger partial charge is 0.416 e. The first-order valence-electron chi connectivity index (χ1n) is 10.7. The molecule has 1 N–H and O–H groups in total. The summed E-state index contributed by atoms with van der Waals surface area (Å²) >= 11 is 0. The Kier molecular flexibility index (Phi) is 7.81. The van der Waals surface area contributed by atoms with Crippen LogP contribution in [0.1, 0.15) is 43.2 Å². The fourth-order valence-corrected chi connectivity index (χ4v) is 5.35. The Morgan fingerprint density at radius 3 is 2.27 bits per heavy atom. The van der Waals surface area contributed by atoms with Gasteiger partial charge in [0.05, 0.1) is 11.8 Å². The normalized spacial score (nSPS) is 24.8. The second-order valence-electron chi connectivity index (χ2n) is 8.71. The molecule has 2 fully saturated rings. The molecule has 0 spiro atoms. The average Bonchev–Trinajstić information content (AvgIpc) is 2.67. The van der Waals surface area contributed by atoms with Crippen molar-refractivity contribution in [3.05, 3.63) is 35.4 Å². The van der Waals surface area contributed by atoms with Crippen molar-refractivity contribution in [2.24, 2.45) is 5.92 Å². The Hall–Kier alpha value is -1.16. The summed E-state index contributed by atoms with van der Waals surface area (Å²) in [6.45, 7) is 5.18. The summed E-state index contributed by atoms with van der Waals surface area (Å²) < 4.78 is 64.0. The van der Waals surface area contributed by atoms with Crippen LogP contribution in [-0.2, 0) is 22.7 Å². The van der Waals surface area contributed by atoms with Crippen molar-refractivity contribution in [1.82, 2.24) is 14.5 Å². The zero-order valence-corrected chi connectivity index (χ0v) is 18.3. The summed E-state index contributed by atoms with van der Waals surface area (Å²) in [6, 6.07) is 5.69. The number of piperazine rings is 1. The molecule has 0 aromatic heterocycles.